The quantitative estimate of drug-likeness (QED) is 0.852. The molecule has 0 aromatic carbocycles. The number of carbonyl (C=O) groups is 2. The highest BCUT2D eigenvalue weighted by molar-refractivity contribution is 5.91. The average Bonchev–Trinajstić information content (AvgIpc) is 3.00. The number of amides is 2. The van der Waals surface area contributed by atoms with E-state index in [1.54, 1.807) is 23.4 Å². The van der Waals surface area contributed by atoms with E-state index in [-0.39, 0.29) is 12.0 Å². The third-order valence-corrected chi connectivity index (χ3v) is 4.65. The van der Waals surface area contributed by atoms with Crippen molar-refractivity contribution in [3.8, 4) is 0 Å². The predicted octanol–water partition coefficient (Wildman–Crippen LogP) is 2.32. The summed E-state index contributed by atoms with van der Waals surface area (Å²) >= 11 is 0. The molecule has 2 amide bonds. The van der Waals surface area contributed by atoms with Crippen LogP contribution in [-0.2, 0) is 9.53 Å². The summed E-state index contributed by atoms with van der Waals surface area (Å²) in [5.41, 5.74) is 0.437. The van der Waals surface area contributed by atoms with Crippen LogP contribution >= 0.6 is 0 Å². The molecule has 2 heterocycles. The lowest BCUT2D eigenvalue weighted by Crippen LogP contribution is -2.38. The summed E-state index contributed by atoms with van der Waals surface area (Å²) in [6.45, 7) is 7.74. The van der Waals surface area contributed by atoms with E-state index in [1.165, 1.54) is 6.08 Å². The maximum absolute atomic E-state index is 12.0. The summed E-state index contributed by atoms with van der Waals surface area (Å²) in [5.74, 6) is 1.33. The molecule has 0 spiro atoms. The number of hydrogen-bond donors (Lipinski definition) is 1. The molecule has 1 aromatic heterocycles. The number of hydrogen-bond acceptors (Lipinski definition) is 4. The summed E-state index contributed by atoms with van der Waals surface area (Å²) in [5, 5.41) is 2.94. The normalized spacial score (nSPS) is 24.9. The van der Waals surface area contributed by atoms with Crippen molar-refractivity contribution in [2.24, 2.45) is 17.8 Å². The molecular formula is C19H25N3O3. The zero-order valence-electron chi connectivity index (χ0n) is 14.9. The van der Waals surface area contributed by atoms with Gasteiger partial charge in [0.15, 0.2) is 0 Å². The van der Waals surface area contributed by atoms with E-state index in [0.717, 1.165) is 18.7 Å². The Bertz CT molecular complexity index is 654. The molecule has 0 bridgehead atoms. The van der Waals surface area contributed by atoms with Crippen LogP contribution in [-0.4, -0.2) is 47.1 Å². The lowest BCUT2D eigenvalue weighted by molar-refractivity contribution is -0.116. The van der Waals surface area contributed by atoms with Gasteiger partial charge in [-0.1, -0.05) is 6.07 Å². The SMILES string of the molecule is CC(C)(C)OC(=O)N1C[C@@H]2[C@@H](CNC(=O)/C=C/c3cccnc3)[C@@H]2C1. The number of nitrogens with one attached hydrogen (secondary N) is 1. The number of nitrogens with zero attached hydrogens (tertiary/aromatic N) is 2. The lowest BCUT2D eigenvalue weighted by atomic mass is 10.2. The van der Waals surface area contributed by atoms with Gasteiger partial charge in [-0.05, 0) is 56.2 Å². The Labute approximate surface area is 148 Å². The van der Waals surface area contributed by atoms with E-state index in [1.807, 2.05) is 32.9 Å². The van der Waals surface area contributed by atoms with Crippen LogP contribution in [0.5, 0.6) is 0 Å². The fraction of sp³-hybridized carbons (Fsp3) is 0.526. The Kier molecular flexibility index (Phi) is 4.79. The highest BCUT2D eigenvalue weighted by atomic mass is 16.6. The molecule has 1 aliphatic carbocycles. The molecule has 25 heavy (non-hydrogen) atoms. The number of pyridine rings is 1. The molecule has 6 nitrogen and oxygen atoms in total. The van der Waals surface area contributed by atoms with Crippen LogP contribution in [0.2, 0.25) is 0 Å². The standard InChI is InChI=1S/C19H25N3O3/c1-19(2,3)25-18(24)22-11-15-14(16(15)12-22)10-21-17(23)7-6-13-5-4-8-20-9-13/h4-9,14-16H,10-12H2,1-3H3,(H,21,23)/b7-6+/t14-,15-,16+. The maximum Gasteiger partial charge on any atom is 0.410 e. The van der Waals surface area contributed by atoms with Gasteiger partial charge in [-0.3, -0.25) is 9.78 Å². The third-order valence-electron chi connectivity index (χ3n) is 4.65. The number of piperidine rings is 1. The lowest BCUT2D eigenvalue weighted by Gasteiger charge is -2.25. The second kappa shape index (κ2) is 6.86. The van der Waals surface area contributed by atoms with Gasteiger partial charge >= 0.3 is 6.09 Å². The fourth-order valence-electron chi connectivity index (χ4n) is 3.35. The molecule has 1 N–H and O–H groups in total. The minimum absolute atomic E-state index is 0.0992. The third kappa shape index (κ3) is 4.59. The van der Waals surface area contributed by atoms with Gasteiger partial charge in [0, 0.05) is 38.1 Å². The van der Waals surface area contributed by atoms with Gasteiger partial charge in [-0.25, -0.2) is 4.79 Å². The average molecular weight is 343 g/mol. The molecule has 6 heteroatoms. The molecule has 2 fully saturated rings. The maximum atomic E-state index is 12.0. The van der Waals surface area contributed by atoms with E-state index >= 15 is 0 Å². The Morgan fingerprint density at radius 3 is 2.68 bits per heavy atom. The Morgan fingerprint density at radius 1 is 1.36 bits per heavy atom. The van der Waals surface area contributed by atoms with Crippen LogP contribution in [0.4, 0.5) is 4.79 Å². The Morgan fingerprint density at radius 2 is 2.08 bits per heavy atom. The minimum atomic E-state index is -0.460. The summed E-state index contributed by atoms with van der Waals surface area (Å²) < 4.78 is 5.40. The molecule has 1 saturated heterocycles. The molecule has 1 saturated carbocycles. The fourth-order valence-corrected chi connectivity index (χ4v) is 3.35. The highest BCUT2D eigenvalue weighted by Crippen LogP contribution is 2.51. The molecule has 1 aromatic rings. The molecular weight excluding hydrogens is 318 g/mol. The second-order valence-corrected chi connectivity index (χ2v) is 7.74. The van der Waals surface area contributed by atoms with Crippen molar-refractivity contribution in [2.75, 3.05) is 19.6 Å². The number of aromatic nitrogens is 1. The van der Waals surface area contributed by atoms with E-state index < -0.39 is 5.60 Å². The van der Waals surface area contributed by atoms with Crippen molar-refractivity contribution in [3.63, 3.8) is 0 Å². The molecule has 134 valence electrons. The number of rotatable bonds is 4. The first-order valence-corrected chi connectivity index (χ1v) is 8.67. The number of fused-ring (bicyclic) bond motifs is 1. The van der Waals surface area contributed by atoms with Gasteiger partial charge in [0.25, 0.3) is 0 Å². The van der Waals surface area contributed by atoms with E-state index in [9.17, 15) is 9.59 Å². The van der Waals surface area contributed by atoms with Crippen molar-refractivity contribution in [2.45, 2.75) is 26.4 Å². The summed E-state index contributed by atoms with van der Waals surface area (Å²) in [4.78, 5) is 29.7. The Hall–Kier alpha value is -2.37. The smallest absolute Gasteiger partial charge is 0.410 e. The van der Waals surface area contributed by atoms with Crippen LogP contribution in [0.25, 0.3) is 6.08 Å². The number of carbonyl (C=O) groups excluding carboxylic acids is 2. The van der Waals surface area contributed by atoms with Crippen molar-refractivity contribution < 1.29 is 14.3 Å². The monoisotopic (exact) mass is 343 g/mol. The highest BCUT2D eigenvalue weighted by Gasteiger charge is 2.56. The Balaban J connectivity index is 1.38. The van der Waals surface area contributed by atoms with Crippen LogP contribution in [0, 0.1) is 17.8 Å². The number of likely N-dealkylation sites (tertiary alicyclic amines) is 1. The number of ether oxygens (including phenoxy) is 1. The summed E-state index contributed by atoms with van der Waals surface area (Å²) in [6, 6.07) is 3.73. The van der Waals surface area contributed by atoms with E-state index in [4.69, 9.17) is 4.74 Å². The van der Waals surface area contributed by atoms with Crippen LogP contribution < -0.4 is 5.32 Å². The van der Waals surface area contributed by atoms with Gasteiger partial charge in [0.1, 0.15) is 5.60 Å². The molecule has 2 aliphatic rings. The van der Waals surface area contributed by atoms with E-state index in [2.05, 4.69) is 10.3 Å². The van der Waals surface area contributed by atoms with Crippen molar-refractivity contribution in [1.29, 1.82) is 0 Å². The molecule has 1 aliphatic heterocycles. The molecule has 0 radical (unpaired) electrons. The van der Waals surface area contributed by atoms with Gasteiger partial charge in [0.05, 0.1) is 0 Å². The second-order valence-electron chi connectivity index (χ2n) is 7.74. The molecule has 3 rings (SSSR count). The van der Waals surface area contributed by atoms with Crippen molar-refractivity contribution >= 4 is 18.1 Å². The minimum Gasteiger partial charge on any atom is -0.444 e. The zero-order valence-corrected chi connectivity index (χ0v) is 14.9. The topological polar surface area (TPSA) is 71.5 Å². The van der Waals surface area contributed by atoms with Crippen molar-refractivity contribution in [3.05, 3.63) is 36.2 Å². The first-order chi connectivity index (χ1) is 11.8. The van der Waals surface area contributed by atoms with Crippen LogP contribution in [0.1, 0.15) is 26.3 Å². The zero-order chi connectivity index (χ0) is 18.0. The van der Waals surface area contributed by atoms with Crippen LogP contribution in [0.3, 0.4) is 0 Å². The largest absolute Gasteiger partial charge is 0.444 e. The van der Waals surface area contributed by atoms with E-state index in [0.29, 0.717) is 24.3 Å². The van der Waals surface area contributed by atoms with Gasteiger partial charge in [0.2, 0.25) is 5.91 Å². The van der Waals surface area contributed by atoms with Crippen LogP contribution in [0.15, 0.2) is 30.6 Å². The van der Waals surface area contributed by atoms with Gasteiger partial charge < -0.3 is 15.0 Å². The summed E-state index contributed by atoms with van der Waals surface area (Å²) in [7, 11) is 0. The molecule has 0 unspecified atom stereocenters. The first-order valence-electron chi connectivity index (χ1n) is 8.67. The molecule has 3 atom stereocenters. The summed E-state index contributed by atoms with van der Waals surface area (Å²) in [6.07, 6.45) is 6.45. The predicted molar refractivity (Wildman–Crippen MR) is 94.6 cm³/mol. The van der Waals surface area contributed by atoms with Gasteiger partial charge in [-0.2, -0.15) is 0 Å². The first kappa shape index (κ1) is 17.5. The van der Waals surface area contributed by atoms with Gasteiger partial charge in [-0.15, -0.1) is 0 Å². The van der Waals surface area contributed by atoms with Crippen molar-refractivity contribution in [1.82, 2.24) is 15.2 Å².